The summed E-state index contributed by atoms with van der Waals surface area (Å²) in [5, 5.41) is 11.1. The molecule has 1 heterocycles. The van der Waals surface area contributed by atoms with Gasteiger partial charge >= 0.3 is 0 Å². The lowest BCUT2D eigenvalue weighted by Crippen LogP contribution is -2.24. The fourth-order valence-electron chi connectivity index (χ4n) is 2.50. The van der Waals surface area contributed by atoms with Crippen LogP contribution in [-0.4, -0.2) is 23.2 Å². The Morgan fingerprint density at radius 2 is 1.80 bits per heavy atom. The smallest absolute Gasteiger partial charge is 0.272 e. The van der Waals surface area contributed by atoms with Crippen molar-refractivity contribution in [3.63, 3.8) is 0 Å². The van der Waals surface area contributed by atoms with Gasteiger partial charge in [0.1, 0.15) is 0 Å². The van der Waals surface area contributed by atoms with E-state index in [-0.39, 0.29) is 5.91 Å². The van der Waals surface area contributed by atoms with Crippen LogP contribution in [0.5, 0.6) is 0 Å². The van der Waals surface area contributed by atoms with Crippen molar-refractivity contribution in [2.45, 2.75) is 13.5 Å². The van der Waals surface area contributed by atoms with Gasteiger partial charge in [0, 0.05) is 19.3 Å². The molecule has 0 aliphatic rings. The van der Waals surface area contributed by atoms with E-state index in [9.17, 15) is 4.79 Å². The largest absolute Gasteiger partial charge is 0.347 e. The Hall–Kier alpha value is -3.21. The molecule has 5 heteroatoms. The highest BCUT2D eigenvalue weighted by molar-refractivity contribution is 5.92. The number of benzene rings is 2. The molecule has 1 amide bonds. The predicted molar refractivity (Wildman–Crippen MR) is 98.9 cm³/mol. The molecule has 1 aromatic heterocycles. The lowest BCUT2D eigenvalue weighted by Gasteiger charge is -2.17. The van der Waals surface area contributed by atoms with Crippen LogP contribution < -0.4 is 10.2 Å². The zero-order valence-corrected chi connectivity index (χ0v) is 14.3. The Balaban J connectivity index is 1.64. The van der Waals surface area contributed by atoms with Crippen molar-refractivity contribution in [1.82, 2.24) is 15.5 Å². The van der Waals surface area contributed by atoms with Gasteiger partial charge in [-0.15, -0.1) is 10.2 Å². The number of rotatable bonds is 5. The molecule has 2 aromatic carbocycles. The van der Waals surface area contributed by atoms with Crippen LogP contribution in [-0.2, 0) is 6.54 Å². The Morgan fingerprint density at radius 1 is 1.00 bits per heavy atom. The highest BCUT2D eigenvalue weighted by Crippen LogP contribution is 2.20. The fourth-order valence-corrected chi connectivity index (χ4v) is 2.50. The van der Waals surface area contributed by atoms with E-state index in [1.807, 2.05) is 73.5 Å². The molecular weight excluding hydrogens is 312 g/mol. The molecule has 0 bridgehead atoms. The molecule has 1 N–H and O–H groups in total. The van der Waals surface area contributed by atoms with Crippen molar-refractivity contribution < 1.29 is 4.79 Å². The average molecular weight is 332 g/mol. The van der Waals surface area contributed by atoms with Crippen LogP contribution >= 0.6 is 0 Å². The quantitative estimate of drug-likeness (QED) is 0.777. The van der Waals surface area contributed by atoms with Gasteiger partial charge < -0.3 is 10.2 Å². The first kappa shape index (κ1) is 16.6. The van der Waals surface area contributed by atoms with Gasteiger partial charge in [0.25, 0.3) is 5.91 Å². The average Bonchev–Trinajstić information content (AvgIpc) is 2.66. The third-order valence-electron chi connectivity index (χ3n) is 3.91. The van der Waals surface area contributed by atoms with Crippen molar-refractivity contribution in [2.24, 2.45) is 0 Å². The van der Waals surface area contributed by atoms with E-state index < -0.39 is 0 Å². The van der Waals surface area contributed by atoms with Crippen molar-refractivity contribution in [1.29, 1.82) is 0 Å². The van der Waals surface area contributed by atoms with Gasteiger partial charge in [-0.2, -0.15) is 0 Å². The summed E-state index contributed by atoms with van der Waals surface area (Å²) in [7, 11) is 1.91. The topological polar surface area (TPSA) is 58.1 Å². The normalized spacial score (nSPS) is 10.3. The molecule has 0 fully saturated rings. The summed E-state index contributed by atoms with van der Waals surface area (Å²) in [6, 6.07) is 21.4. The lowest BCUT2D eigenvalue weighted by molar-refractivity contribution is 0.0945. The highest BCUT2D eigenvalue weighted by atomic mass is 16.1. The number of nitrogens with one attached hydrogen (secondary N) is 1. The summed E-state index contributed by atoms with van der Waals surface area (Å²) < 4.78 is 0. The van der Waals surface area contributed by atoms with Gasteiger partial charge in [-0.05, 0) is 36.8 Å². The predicted octanol–water partition coefficient (Wildman–Crippen LogP) is 3.48. The number of hydrogen-bond donors (Lipinski definition) is 1. The van der Waals surface area contributed by atoms with Crippen LogP contribution in [0.15, 0.2) is 66.7 Å². The molecule has 0 spiro atoms. The molecule has 0 aliphatic carbocycles. The molecule has 3 rings (SSSR count). The second-order valence-corrected chi connectivity index (χ2v) is 5.84. The second kappa shape index (κ2) is 7.57. The summed E-state index contributed by atoms with van der Waals surface area (Å²) >= 11 is 0. The van der Waals surface area contributed by atoms with Crippen LogP contribution in [0.2, 0.25) is 0 Å². The summed E-state index contributed by atoms with van der Waals surface area (Å²) in [6.07, 6.45) is 0. The molecule has 5 nitrogen and oxygen atoms in total. The summed E-state index contributed by atoms with van der Waals surface area (Å²) in [5.74, 6) is 0.448. The van der Waals surface area contributed by atoms with E-state index in [4.69, 9.17) is 0 Å². The minimum atomic E-state index is -0.233. The molecule has 126 valence electrons. The minimum absolute atomic E-state index is 0.233. The van der Waals surface area contributed by atoms with E-state index in [1.54, 1.807) is 12.1 Å². The lowest BCUT2D eigenvalue weighted by atomic mass is 10.1. The third kappa shape index (κ3) is 4.20. The number of hydrogen-bond acceptors (Lipinski definition) is 4. The summed E-state index contributed by atoms with van der Waals surface area (Å²) in [5.41, 5.74) is 3.54. The van der Waals surface area contributed by atoms with Crippen LogP contribution in [0.4, 0.5) is 11.5 Å². The third-order valence-corrected chi connectivity index (χ3v) is 3.91. The monoisotopic (exact) mass is 332 g/mol. The number of para-hydroxylation sites is 1. The number of aromatic nitrogens is 2. The zero-order chi connectivity index (χ0) is 17.6. The fraction of sp³-hybridized carbons (Fsp3) is 0.150. The number of amides is 1. The minimum Gasteiger partial charge on any atom is -0.347 e. The van der Waals surface area contributed by atoms with Gasteiger partial charge in [0.15, 0.2) is 11.5 Å². The van der Waals surface area contributed by atoms with E-state index in [0.29, 0.717) is 18.1 Å². The SMILES string of the molecule is Cc1cccc(CNC(=O)c2ccc(N(C)c3ccccc3)nn2)c1. The number of carbonyl (C=O) groups is 1. The first-order chi connectivity index (χ1) is 12.1. The number of nitrogens with zero attached hydrogens (tertiary/aromatic N) is 3. The van der Waals surface area contributed by atoms with E-state index >= 15 is 0 Å². The van der Waals surface area contributed by atoms with Crippen LogP contribution in [0.3, 0.4) is 0 Å². The molecule has 0 saturated carbocycles. The van der Waals surface area contributed by atoms with Crippen molar-refractivity contribution in [2.75, 3.05) is 11.9 Å². The van der Waals surface area contributed by atoms with E-state index in [2.05, 4.69) is 15.5 Å². The van der Waals surface area contributed by atoms with Crippen molar-refractivity contribution in [3.8, 4) is 0 Å². The molecule has 25 heavy (non-hydrogen) atoms. The number of anilines is 2. The first-order valence-corrected chi connectivity index (χ1v) is 8.10. The molecular formula is C20H20N4O. The van der Waals surface area contributed by atoms with Gasteiger partial charge in [-0.25, -0.2) is 0 Å². The summed E-state index contributed by atoms with van der Waals surface area (Å²) in [6.45, 7) is 2.49. The Bertz CT molecular complexity index is 847. The maximum absolute atomic E-state index is 12.2. The first-order valence-electron chi connectivity index (χ1n) is 8.10. The van der Waals surface area contributed by atoms with Gasteiger partial charge in [0.2, 0.25) is 0 Å². The molecule has 0 unspecified atom stereocenters. The number of aryl methyl sites for hydroxylation is 1. The van der Waals surface area contributed by atoms with Gasteiger partial charge in [-0.1, -0.05) is 48.0 Å². The van der Waals surface area contributed by atoms with Crippen LogP contribution in [0.25, 0.3) is 0 Å². The Kier molecular flexibility index (Phi) is 5.04. The molecule has 0 aliphatic heterocycles. The van der Waals surface area contributed by atoms with Gasteiger partial charge in [0.05, 0.1) is 0 Å². The maximum Gasteiger partial charge on any atom is 0.272 e. The van der Waals surface area contributed by atoms with E-state index in [1.165, 1.54) is 5.56 Å². The van der Waals surface area contributed by atoms with Crippen LogP contribution in [0.1, 0.15) is 21.6 Å². The Labute approximate surface area is 147 Å². The summed E-state index contributed by atoms with van der Waals surface area (Å²) in [4.78, 5) is 14.1. The van der Waals surface area contributed by atoms with Gasteiger partial charge in [-0.3, -0.25) is 4.79 Å². The van der Waals surface area contributed by atoms with Crippen molar-refractivity contribution in [3.05, 3.63) is 83.6 Å². The molecule has 0 radical (unpaired) electrons. The zero-order valence-electron chi connectivity index (χ0n) is 14.3. The standard InChI is InChI=1S/C20H20N4O/c1-15-7-6-8-16(13-15)14-21-20(25)18-11-12-19(23-22-18)24(2)17-9-4-3-5-10-17/h3-13H,14H2,1-2H3,(H,21,25). The Morgan fingerprint density at radius 3 is 2.48 bits per heavy atom. The maximum atomic E-state index is 12.2. The highest BCUT2D eigenvalue weighted by Gasteiger charge is 2.10. The van der Waals surface area contributed by atoms with Crippen LogP contribution in [0, 0.1) is 6.92 Å². The molecule has 0 atom stereocenters. The van der Waals surface area contributed by atoms with E-state index in [0.717, 1.165) is 11.3 Å². The molecule has 0 saturated heterocycles. The molecule has 3 aromatic rings. The van der Waals surface area contributed by atoms with Crippen molar-refractivity contribution >= 4 is 17.4 Å². The second-order valence-electron chi connectivity index (χ2n) is 5.84. The number of carbonyl (C=O) groups excluding carboxylic acids is 1.